The fourth-order valence-electron chi connectivity index (χ4n) is 4.87. The van der Waals surface area contributed by atoms with Crippen LogP contribution in [0.2, 0.25) is 0 Å². The number of carboxylic acids is 1. The maximum atomic E-state index is 13.2. The molecule has 7 heteroatoms. The van der Waals surface area contributed by atoms with Crippen molar-refractivity contribution in [2.75, 3.05) is 13.1 Å². The second-order valence-electron chi connectivity index (χ2n) is 10.3. The van der Waals surface area contributed by atoms with Crippen molar-refractivity contribution >= 4 is 28.6 Å². The van der Waals surface area contributed by atoms with Crippen LogP contribution in [-0.4, -0.2) is 53.0 Å². The third-order valence-corrected chi connectivity index (χ3v) is 6.74. The number of likely N-dealkylation sites (tertiary alicyclic amines) is 1. The Morgan fingerprint density at radius 2 is 1.68 bits per heavy atom. The van der Waals surface area contributed by atoms with Crippen molar-refractivity contribution in [2.45, 2.75) is 51.7 Å². The van der Waals surface area contributed by atoms with Gasteiger partial charge in [-0.3, -0.25) is 19.3 Å². The molecule has 0 aliphatic carbocycles. The van der Waals surface area contributed by atoms with Crippen molar-refractivity contribution in [2.24, 2.45) is 5.92 Å². The molecule has 0 bridgehead atoms. The van der Waals surface area contributed by atoms with Crippen molar-refractivity contribution in [1.29, 1.82) is 0 Å². The Morgan fingerprint density at radius 1 is 0.973 bits per heavy atom. The van der Waals surface area contributed by atoms with E-state index in [1.807, 2.05) is 74.5 Å². The van der Waals surface area contributed by atoms with Crippen LogP contribution in [0.5, 0.6) is 0 Å². The number of benzene rings is 3. The Bertz CT molecular complexity index is 1260. The first-order valence-electron chi connectivity index (χ1n) is 12.9. The third kappa shape index (κ3) is 7.40. The van der Waals surface area contributed by atoms with Gasteiger partial charge in [0.05, 0.1) is 6.42 Å². The van der Waals surface area contributed by atoms with Crippen LogP contribution < -0.4 is 10.6 Å². The van der Waals surface area contributed by atoms with E-state index in [-0.39, 0.29) is 30.2 Å². The molecule has 4 rings (SSSR count). The zero-order valence-corrected chi connectivity index (χ0v) is 21.4. The zero-order valence-electron chi connectivity index (χ0n) is 21.4. The van der Waals surface area contributed by atoms with Crippen LogP contribution in [0.15, 0.2) is 66.7 Å². The van der Waals surface area contributed by atoms with Gasteiger partial charge in [0.25, 0.3) is 5.91 Å². The quantitative estimate of drug-likeness (QED) is 0.390. The van der Waals surface area contributed by atoms with E-state index < -0.39 is 12.0 Å². The molecule has 1 aliphatic heterocycles. The SMILES string of the molecule is CC(C)C[C@H](NC(=O)c1ccc2ccccc2c1)C(=O)N[C@H]1CCN(Cc2ccc(CC(=O)O)cc2)C1. The summed E-state index contributed by atoms with van der Waals surface area (Å²) in [6, 6.07) is 20.5. The number of carbonyl (C=O) groups excluding carboxylic acids is 2. The Morgan fingerprint density at radius 3 is 2.38 bits per heavy atom. The number of carboxylic acid groups (broad SMARTS) is 1. The predicted octanol–water partition coefficient (Wildman–Crippen LogP) is 4.00. The first-order chi connectivity index (χ1) is 17.8. The van der Waals surface area contributed by atoms with Gasteiger partial charge in [-0.2, -0.15) is 0 Å². The summed E-state index contributed by atoms with van der Waals surface area (Å²) in [5.74, 6) is -0.981. The lowest BCUT2D eigenvalue weighted by atomic mass is 10.0. The molecule has 1 heterocycles. The third-order valence-electron chi connectivity index (χ3n) is 6.74. The number of nitrogens with one attached hydrogen (secondary N) is 2. The first-order valence-corrected chi connectivity index (χ1v) is 12.9. The summed E-state index contributed by atoms with van der Waals surface area (Å²) >= 11 is 0. The highest BCUT2D eigenvalue weighted by molar-refractivity contribution is 6.00. The number of hydrogen-bond donors (Lipinski definition) is 3. The number of nitrogens with zero attached hydrogens (tertiary/aromatic N) is 1. The van der Waals surface area contributed by atoms with E-state index >= 15 is 0 Å². The van der Waals surface area contributed by atoms with E-state index in [9.17, 15) is 14.4 Å². The molecule has 7 nitrogen and oxygen atoms in total. The molecule has 0 saturated carbocycles. The van der Waals surface area contributed by atoms with Gasteiger partial charge in [0, 0.05) is 31.2 Å². The molecule has 1 fully saturated rings. The Balaban J connectivity index is 1.33. The molecule has 1 aliphatic rings. The van der Waals surface area contributed by atoms with E-state index in [4.69, 9.17) is 5.11 Å². The fourth-order valence-corrected chi connectivity index (χ4v) is 4.87. The number of aliphatic carboxylic acids is 1. The van der Waals surface area contributed by atoms with E-state index in [1.165, 1.54) is 0 Å². The van der Waals surface area contributed by atoms with Crippen LogP contribution >= 0.6 is 0 Å². The molecule has 37 heavy (non-hydrogen) atoms. The van der Waals surface area contributed by atoms with Crippen molar-refractivity contribution < 1.29 is 19.5 Å². The van der Waals surface area contributed by atoms with Crippen molar-refractivity contribution in [1.82, 2.24) is 15.5 Å². The summed E-state index contributed by atoms with van der Waals surface area (Å²) < 4.78 is 0. The summed E-state index contributed by atoms with van der Waals surface area (Å²) in [7, 11) is 0. The molecule has 194 valence electrons. The topological polar surface area (TPSA) is 98.7 Å². The van der Waals surface area contributed by atoms with Gasteiger partial charge in [0.1, 0.15) is 6.04 Å². The largest absolute Gasteiger partial charge is 0.481 e. The average Bonchev–Trinajstić information content (AvgIpc) is 3.30. The van der Waals surface area contributed by atoms with Gasteiger partial charge < -0.3 is 15.7 Å². The highest BCUT2D eigenvalue weighted by Crippen LogP contribution is 2.18. The van der Waals surface area contributed by atoms with Crippen LogP contribution in [0.4, 0.5) is 0 Å². The number of fused-ring (bicyclic) bond motifs is 1. The van der Waals surface area contributed by atoms with Crippen LogP contribution in [-0.2, 0) is 22.6 Å². The molecule has 3 aromatic rings. The van der Waals surface area contributed by atoms with Gasteiger partial charge in [0.2, 0.25) is 5.91 Å². The van der Waals surface area contributed by atoms with E-state index in [0.29, 0.717) is 12.0 Å². The van der Waals surface area contributed by atoms with Crippen LogP contribution in [0, 0.1) is 5.92 Å². The number of hydrogen-bond acceptors (Lipinski definition) is 4. The first kappa shape index (κ1) is 26.4. The highest BCUT2D eigenvalue weighted by Gasteiger charge is 2.28. The monoisotopic (exact) mass is 501 g/mol. The highest BCUT2D eigenvalue weighted by atomic mass is 16.4. The minimum absolute atomic E-state index is 0.0195. The molecule has 2 amide bonds. The number of amides is 2. The fraction of sp³-hybridized carbons (Fsp3) is 0.367. The average molecular weight is 502 g/mol. The van der Waals surface area contributed by atoms with Gasteiger partial charge in [0.15, 0.2) is 0 Å². The molecule has 2 atom stereocenters. The smallest absolute Gasteiger partial charge is 0.307 e. The second kappa shape index (κ2) is 12.0. The standard InChI is InChI=1S/C30H35N3O4/c1-20(2)15-27(32-29(36)25-12-11-23-5-3-4-6-24(23)17-25)30(37)31-26-13-14-33(19-26)18-22-9-7-21(8-10-22)16-28(34)35/h3-12,17,20,26-27H,13-16,18-19H2,1-2H3,(H,31,37)(H,32,36)(H,34,35)/t26-,27-/m0/s1. The maximum Gasteiger partial charge on any atom is 0.307 e. The Kier molecular flexibility index (Phi) is 8.56. The molecule has 3 aromatic carbocycles. The minimum Gasteiger partial charge on any atom is -0.481 e. The van der Waals surface area contributed by atoms with Crippen molar-refractivity contribution in [3.63, 3.8) is 0 Å². The van der Waals surface area contributed by atoms with E-state index in [1.54, 1.807) is 6.07 Å². The van der Waals surface area contributed by atoms with Crippen molar-refractivity contribution in [3.8, 4) is 0 Å². The number of rotatable bonds is 10. The van der Waals surface area contributed by atoms with Gasteiger partial charge >= 0.3 is 5.97 Å². The zero-order chi connectivity index (χ0) is 26.4. The minimum atomic E-state index is -0.838. The molecule has 3 N–H and O–H groups in total. The van der Waals surface area contributed by atoms with E-state index in [0.717, 1.165) is 48.0 Å². The Hall–Kier alpha value is -3.71. The van der Waals surface area contributed by atoms with E-state index in [2.05, 4.69) is 15.5 Å². The number of carbonyl (C=O) groups is 3. The second-order valence-corrected chi connectivity index (χ2v) is 10.3. The summed E-state index contributed by atoms with van der Waals surface area (Å²) in [6.07, 6.45) is 1.42. The van der Waals surface area contributed by atoms with Crippen LogP contribution in [0.3, 0.4) is 0 Å². The lowest BCUT2D eigenvalue weighted by Gasteiger charge is -2.23. The Labute approximate surface area is 217 Å². The molecule has 1 saturated heterocycles. The van der Waals surface area contributed by atoms with Crippen LogP contribution in [0.1, 0.15) is 48.2 Å². The summed E-state index contributed by atoms with van der Waals surface area (Å²) in [5.41, 5.74) is 2.44. The van der Waals surface area contributed by atoms with Gasteiger partial charge in [-0.1, -0.05) is 68.4 Å². The molecule has 0 spiro atoms. The predicted molar refractivity (Wildman–Crippen MR) is 144 cm³/mol. The van der Waals surface area contributed by atoms with Gasteiger partial charge in [-0.25, -0.2) is 0 Å². The summed E-state index contributed by atoms with van der Waals surface area (Å²) in [6.45, 7) is 6.42. The molecule has 0 radical (unpaired) electrons. The molecule has 0 aromatic heterocycles. The van der Waals surface area contributed by atoms with Gasteiger partial charge in [-0.15, -0.1) is 0 Å². The van der Waals surface area contributed by atoms with Crippen molar-refractivity contribution in [3.05, 3.63) is 83.4 Å². The molecular formula is C30H35N3O4. The molecule has 0 unspecified atom stereocenters. The lowest BCUT2D eigenvalue weighted by Crippen LogP contribution is -2.50. The lowest BCUT2D eigenvalue weighted by molar-refractivity contribution is -0.136. The van der Waals surface area contributed by atoms with Crippen LogP contribution in [0.25, 0.3) is 10.8 Å². The maximum absolute atomic E-state index is 13.2. The summed E-state index contributed by atoms with van der Waals surface area (Å²) in [5, 5.41) is 17.1. The van der Waals surface area contributed by atoms with Gasteiger partial charge in [-0.05, 0) is 52.8 Å². The summed E-state index contributed by atoms with van der Waals surface area (Å²) in [4.78, 5) is 39.4. The molecular weight excluding hydrogens is 466 g/mol. The normalized spacial score (nSPS) is 16.6.